The molecule has 128 valence electrons. The number of likely N-dealkylation sites (tertiary alicyclic amines) is 1. The number of rotatable bonds is 3. The van der Waals surface area contributed by atoms with Crippen molar-refractivity contribution in [3.63, 3.8) is 0 Å². The number of nitrogens with zero attached hydrogens (tertiary/aromatic N) is 3. The molecule has 7 heteroatoms. The number of halogens is 3. The van der Waals surface area contributed by atoms with E-state index in [0.717, 1.165) is 11.3 Å². The summed E-state index contributed by atoms with van der Waals surface area (Å²) in [7, 11) is 0. The van der Waals surface area contributed by atoms with Crippen molar-refractivity contribution in [3.8, 4) is 5.69 Å². The summed E-state index contributed by atoms with van der Waals surface area (Å²) in [5.74, 6) is -1.66. The number of amides is 1. The molecule has 3 rings (SSSR count). The first-order chi connectivity index (χ1) is 11.4. The van der Waals surface area contributed by atoms with Crippen molar-refractivity contribution in [1.82, 2.24) is 14.7 Å². The van der Waals surface area contributed by atoms with Crippen LogP contribution >= 0.6 is 0 Å². The summed E-state index contributed by atoms with van der Waals surface area (Å²) in [6.45, 7) is 0.171. The minimum Gasteiger partial charge on any atom is -0.342 e. The Labute approximate surface area is 137 Å². The number of carbonyl (C=O) groups is 1. The molecule has 2 heterocycles. The molecule has 0 N–H and O–H groups in total. The molecule has 0 saturated carbocycles. The highest BCUT2D eigenvalue weighted by Crippen LogP contribution is 2.33. The van der Waals surface area contributed by atoms with Crippen LogP contribution in [0.5, 0.6) is 0 Å². The monoisotopic (exact) mass is 337 g/mol. The Kier molecular flexibility index (Phi) is 4.59. The minimum absolute atomic E-state index is 0.103. The van der Waals surface area contributed by atoms with Gasteiger partial charge in [-0.3, -0.25) is 4.79 Å². The van der Waals surface area contributed by atoms with Gasteiger partial charge in [-0.15, -0.1) is 0 Å². The smallest absolute Gasteiger partial charge is 0.342 e. The lowest BCUT2D eigenvalue weighted by molar-refractivity contribution is -0.187. The van der Waals surface area contributed by atoms with Gasteiger partial charge < -0.3 is 4.90 Å². The van der Waals surface area contributed by atoms with E-state index in [1.165, 1.54) is 4.90 Å². The Morgan fingerprint density at radius 3 is 2.62 bits per heavy atom. The Bertz CT molecular complexity index is 680. The number of piperidine rings is 1. The lowest BCUT2D eigenvalue weighted by atomic mass is 9.97. The molecule has 24 heavy (non-hydrogen) atoms. The van der Waals surface area contributed by atoms with E-state index in [1.807, 2.05) is 24.4 Å². The largest absolute Gasteiger partial charge is 0.393 e. The van der Waals surface area contributed by atoms with Crippen LogP contribution in [0, 0.1) is 5.92 Å². The molecule has 1 amide bonds. The van der Waals surface area contributed by atoms with Gasteiger partial charge in [0.1, 0.15) is 0 Å². The van der Waals surface area contributed by atoms with E-state index in [4.69, 9.17) is 0 Å². The molecule has 1 fully saturated rings. The zero-order chi connectivity index (χ0) is 17.2. The number of carbonyl (C=O) groups excluding carboxylic acids is 1. The summed E-state index contributed by atoms with van der Waals surface area (Å²) in [5, 5.41) is 4.12. The summed E-state index contributed by atoms with van der Waals surface area (Å²) in [5.41, 5.74) is 1.65. The Morgan fingerprint density at radius 1 is 1.25 bits per heavy atom. The first kappa shape index (κ1) is 16.5. The Hall–Kier alpha value is -2.31. The van der Waals surface area contributed by atoms with E-state index in [-0.39, 0.29) is 25.3 Å². The number of benzene rings is 1. The summed E-state index contributed by atoms with van der Waals surface area (Å²) in [6.07, 6.45) is -0.135. The van der Waals surface area contributed by atoms with E-state index in [1.54, 1.807) is 23.0 Å². The second kappa shape index (κ2) is 6.67. The highest BCUT2D eigenvalue weighted by Gasteiger charge is 2.42. The predicted octanol–water partition coefficient (Wildman–Crippen LogP) is 3.22. The van der Waals surface area contributed by atoms with Crippen LogP contribution in [-0.2, 0) is 11.2 Å². The lowest BCUT2D eigenvalue weighted by Crippen LogP contribution is -2.45. The predicted molar refractivity (Wildman–Crippen MR) is 82.6 cm³/mol. The highest BCUT2D eigenvalue weighted by atomic mass is 19.4. The van der Waals surface area contributed by atoms with Crippen molar-refractivity contribution in [2.24, 2.45) is 5.92 Å². The van der Waals surface area contributed by atoms with E-state index >= 15 is 0 Å². The molecule has 1 aromatic heterocycles. The zero-order valence-corrected chi connectivity index (χ0v) is 13.0. The van der Waals surface area contributed by atoms with E-state index < -0.39 is 12.1 Å². The van der Waals surface area contributed by atoms with Gasteiger partial charge in [0.15, 0.2) is 0 Å². The molecule has 1 aromatic carbocycles. The average molecular weight is 337 g/mol. The van der Waals surface area contributed by atoms with Crippen LogP contribution < -0.4 is 0 Å². The maximum atomic E-state index is 12.8. The molecule has 0 spiro atoms. The van der Waals surface area contributed by atoms with Crippen LogP contribution in [0.4, 0.5) is 13.2 Å². The molecule has 1 saturated heterocycles. The first-order valence-electron chi connectivity index (χ1n) is 7.87. The van der Waals surface area contributed by atoms with Crippen LogP contribution in [0.2, 0.25) is 0 Å². The van der Waals surface area contributed by atoms with Gasteiger partial charge in [0.2, 0.25) is 5.91 Å². The third-order valence-corrected chi connectivity index (χ3v) is 4.30. The van der Waals surface area contributed by atoms with Crippen molar-refractivity contribution >= 4 is 5.91 Å². The third kappa shape index (κ3) is 3.77. The van der Waals surface area contributed by atoms with Gasteiger partial charge in [0.25, 0.3) is 0 Å². The Balaban J connectivity index is 1.62. The zero-order valence-electron chi connectivity index (χ0n) is 13.0. The maximum Gasteiger partial charge on any atom is 0.393 e. The van der Waals surface area contributed by atoms with Gasteiger partial charge in [-0.1, -0.05) is 12.1 Å². The fourth-order valence-corrected chi connectivity index (χ4v) is 2.95. The van der Waals surface area contributed by atoms with Crippen LogP contribution in [0.25, 0.3) is 5.69 Å². The van der Waals surface area contributed by atoms with Crippen molar-refractivity contribution in [3.05, 3.63) is 48.3 Å². The van der Waals surface area contributed by atoms with Crippen LogP contribution in [0.1, 0.15) is 18.4 Å². The molecule has 0 radical (unpaired) electrons. The number of aromatic nitrogens is 2. The maximum absolute atomic E-state index is 12.8. The topological polar surface area (TPSA) is 38.1 Å². The second-order valence-electron chi connectivity index (χ2n) is 6.01. The summed E-state index contributed by atoms with van der Waals surface area (Å²) < 4.78 is 40.2. The molecule has 1 atom stereocenters. The molecular formula is C17H18F3N3O. The van der Waals surface area contributed by atoms with E-state index in [9.17, 15) is 18.0 Å². The molecule has 2 aromatic rings. The normalized spacial score (nSPS) is 18.6. The molecule has 0 bridgehead atoms. The Morgan fingerprint density at radius 2 is 2.00 bits per heavy atom. The van der Waals surface area contributed by atoms with Gasteiger partial charge >= 0.3 is 6.18 Å². The minimum atomic E-state index is -4.23. The third-order valence-electron chi connectivity index (χ3n) is 4.30. The van der Waals surface area contributed by atoms with Crippen molar-refractivity contribution in [2.75, 3.05) is 13.1 Å². The summed E-state index contributed by atoms with van der Waals surface area (Å²) in [4.78, 5) is 13.6. The molecule has 1 unspecified atom stereocenters. The van der Waals surface area contributed by atoms with E-state index in [2.05, 4.69) is 5.10 Å². The SMILES string of the molecule is O=C(Cc1ccc(-n2cccn2)cc1)N1CCCC(C(F)(F)F)C1. The van der Waals surface area contributed by atoms with Crippen LogP contribution in [-0.4, -0.2) is 39.9 Å². The van der Waals surface area contributed by atoms with Crippen molar-refractivity contribution in [2.45, 2.75) is 25.4 Å². The van der Waals surface area contributed by atoms with Gasteiger partial charge in [0, 0.05) is 25.5 Å². The van der Waals surface area contributed by atoms with Gasteiger partial charge in [0.05, 0.1) is 18.0 Å². The molecule has 4 nitrogen and oxygen atoms in total. The number of alkyl halides is 3. The standard InChI is InChI=1S/C17H18F3N3O/c18-17(19,20)14-3-1-9-22(12-14)16(24)11-13-4-6-15(7-5-13)23-10-2-8-21-23/h2,4-8,10,14H,1,3,9,11-12H2. The number of hydrogen-bond acceptors (Lipinski definition) is 2. The summed E-state index contributed by atoms with van der Waals surface area (Å²) in [6, 6.07) is 9.10. The first-order valence-corrected chi connectivity index (χ1v) is 7.87. The molecule has 0 aliphatic carbocycles. The fraction of sp³-hybridized carbons (Fsp3) is 0.412. The molecular weight excluding hydrogens is 319 g/mol. The lowest BCUT2D eigenvalue weighted by Gasteiger charge is -2.33. The summed E-state index contributed by atoms with van der Waals surface area (Å²) >= 11 is 0. The van der Waals surface area contributed by atoms with Gasteiger partial charge in [-0.05, 0) is 36.6 Å². The van der Waals surface area contributed by atoms with Crippen molar-refractivity contribution < 1.29 is 18.0 Å². The highest BCUT2D eigenvalue weighted by molar-refractivity contribution is 5.79. The average Bonchev–Trinajstić information content (AvgIpc) is 3.09. The van der Waals surface area contributed by atoms with Crippen molar-refractivity contribution in [1.29, 1.82) is 0 Å². The quantitative estimate of drug-likeness (QED) is 0.862. The molecule has 1 aliphatic rings. The van der Waals surface area contributed by atoms with Crippen LogP contribution in [0.15, 0.2) is 42.7 Å². The molecule has 1 aliphatic heterocycles. The van der Waals surface area contributed by atoms with Gasteiger partial charge in [-0.2, -0.15) is 18.3 Å². The van der Waals surface area contributed by atoms with Crippen LogP contribution in [0.3, 0.4) is 0 Å². The fourth-order valence-electron chi connectivity index (χ4n) is 2.95. The van der Waals surface area contributed by atoms with Gasteiger partial charge in [-0.25, -0.2) is 4.68 Å². The second-order valence-corrected chi connectivity index (χ2v) is 6.01. The number of hydrogen-bond donors (Lipinski definition) is 0. The van der Waals surface area contributed by atoms with E-state index in [0.29, 0.717) is 13.0 Å².